The summed E-state index contributed by atoms with van der Waals surface area (Å²) in [4.78, 5) is 12.3. The van der Waals surface area contributed by atoms with Gasteiger partial charge in [0, 0.05) is 0 Å². The van der Waals surface area contributed by atoms with E-state index in [1.807, 2.05) is 0 Å². The molecule has 8 heteroatoms. The molecule has 0 spiro atoms. The number of nitrogens with one attached hydrogen (secondary N) is 1. The van der Waals surface area contributed by atoms with Crippen molar-refractivity contribution >= 4 is 52.5 Å². The van der Waals surface area contributed by atoms with Crippen molar-refractivity contribution in [3.63, 3.8) is 0 Å². The van der Waals surface area contributed by atoms with Crippen LogP contribution in [0.4, 0.5) is 5.69 Å². The topological polar surface area (TPSA) is 82.3 Å². The lowest BCUT2D eigenvalue weighted by Crippen LogP contribution is -2.13. The average molecular weight is 398 g/mol. The molecule has 2 aromatic rings. The van der Waals surface area contributed by atoms with Gasteiger partial charge in [-0.05, 0) is 35.9 Å². The molecule has 5 nitrogen and oxygen atoms in total. The first-order valence-electron chi connectivity index (χ1n) is 6.81. The van der Waals surface area contributed by atoms with Gasteiger partial charge in [0.1, 0.15) is 11.6 Å². The van der Waals surface area contributed by atoms with Crippen LogP contribution in [0.1, 0.15) is 5.56 Å². The molecule has 0 aliphatic rings. The number of methoxy groups -OCH3 is 1. The van der Waals surface area contributed by atoms with Gasteiger partial charge in [-0.25, -0.2) is 0 Å². The van der Waals surface area contributed by atoms with E-state index >= 15 is 0 Å². The van der Waals surface area contributed by atoms with E-state index in [0.717, 1.165) is 0 Å². The molecule has 0 aliphatic heterocycles. The molecule has 0 unspecified atom stereocenters. The SMILES string of the molecule is COc1cc(/C=C(/C#N)C(=O)Nc2cccc(Cl)c2Cl)cc(Cl)c1O. The molecule has 0 bridgehead atoms. The highest BCUT2D eigenvalue weighted by Gasteiger charge is 2.14. The van der Waals surface area contributed by atoms with Gasteiger partial charge in [-0.2, -0.15) is 5.26 Å². The van der Waals surface area contributed by atoms with Crippen LogP contribution in [0.15, 0.2) is 35.9 Å². The van der Waals surface area contributed by atoms with Gasteiger partial charge in [-0.3, -0.25) is 4.79 Å². The number of halogens is 3. The smallest absolute Gasteiger partial charge is 0.266 e. The van der Waals surface area contributed by atoms with Crippen molar-refractivity contribution in [1.29, 1.82) is 5.26 Å². The molecule has 0 fully saturated rings. The number of phenolic OH excluding ortho intramolecular Hbond substituents is 1. The minimum Gasteiger partial charge on any atom is -0.503 e. The molecule has 0 aromatic heterocycles. The molecule has 0 radical (unpaired) electrons. The molecule has 2 rings (SSSR count). The van der Waals surface area contributed by atoms with Gasteiger partial charge in [-0.1, -0.05) is 40.9 Å². The summed E-state index contributed by atoms with van der Waals surface area (Å²) in [6.07, 6.45) is 1.31. The first kappa shape index (κ1) is 18.9. The molecule has 0 saturated carbocycles. The molecule has 0 heterocycles. The number of carbonyl (C=O) groups is 1. The molecule has 2 N–H and O–H groups in total. The summed E-state index contributed by atoms with van der Waals surface area (Å²) in [5, 5.41) is 22.0. The van der Waals surface area contributed by atoms with E-state index in [0.29, 0.717) is 5.56 Å². The van der Waals surface area contributed by atoms with Crippen LogP contribution in [0, 0.1) is 11.3 Å². The molecule has 0 aliphatic carbocycles. The van der Waals surface area contributed by atoms with Crippen molar-refractivity contribution in [3.05, 3.63) is 56.5 Å². The lowest BCUT2D eigenvalue weighted by Gasteiger charge is -2.08. The second-order valence-corrected chi connectivity index (χ2v) is 5.97. The number of benzene rings is 2. The minimum atomic E-state index is -0.671. The fraction of sp³-hybridized carbons (Fsp3) is 0.0588. The Morgan fingerprint density at radius 3 is 2.64 bits per heavy atom. The van der Waals surface area contributed by atoms with Gasteiger partial charge >= 0.3 is 0 Å². The number of hydrogen-bond donors (Lipinski definition) is 2. The number of amides is 1. The Morgan fingerprint density at radius 2 is 2.00 bits per heavy atom. The van der Waals surface area contributed by atoms with Crippen LogP contribution in [0.2, 0.25) is 15.1 Å². The maximum Gasteiger partial charge on any atom is 0.266 e. The molecule has 128 valence electrons. The summed E-state index contributed by atoms with van der Waals surface area (Å²) < 4.78 is 4.99. The fourth-order valence-corrected chi connectivity index (χ4v) is 2.50. The fourth-order valence-electron chi connectivity index (χ4n) is 1.94. The predicted octanol–water partition coefficient (Wildman–Crippen LogP) is 4.91. The number of nitrogens with zero attached hydrogens (tertiary/aromatic N) is 1. The Balaban J connectivity index is 2.34. The summed E-state index contributed by atoms with van der Waals surface area (Å²) in [5.41, 5.74) is 0.491. The van der Waals surface area contributed by atoms with Crippen molar-refractivity contribution in [3.8, 4) is 17.6 Å². The first-order chi connectivity index (χ1) is 11.9. The summed E-state index contributed by atoms with van der Waals surface area (Å²) in [5.74, 6) is -0.779. The van der Waals surface area contributed by atoms with Crippen LogP contribution in [0.5, 0.6) is 11.5 Å². The zero-order chi connectivity index (χ0) is 18.6. The third-order valence-corrected chi connectivity index (χ3v) is 4.25. The Hall–Kier alpha value is -2.39. The van der Waals surface area contributed by atoms with Crippen molar-refractivity contribution < 1.29 is 14.6 Å². The maximum atomic E-state index is 12.3. The van der Waals surface area contributed by atoms with E-state index < -0.39 is 5.91 Å². The Kier molecular flexibility index (Phi) is 6.16. The van der Waals surface area contributed by atoms with Crippen molar-refractivity contribution in [2.45, 2.75) is 0 Å². The Morgan fingerprint density at radius 1 is 1.28 bits per heavy atom. The second kappa shape index (κ2) is 8.13. The molecular weight excluding hydrogens is 387 g/mol. The molecule has 1 amide bonds. The van der Waals surface area contributed by atoms with Crippen LogP contribution in [0.3, 0.4) is 0 Å². The molecule has 2 aromatic carbocycles. The number of ether oxygens (including phenoxy) is 1. The zero-order valence-corrected chi connectivity index (χ0v) is 15.1. The number of anilines is 1. The van der Waals surface area contributed by atoms with Crippen LogP contribution < -0.4 is 10.1 Å². The van der Waals surface area contributed by atoms with Gasteiger partial charge in [-0.15, -0.1) is 0 Å². The van der Waals surface area contributed by atoms with E-state index in [4.69, 9.17) is 39.5 Å². The second-order valence-electron chi connectivity index (χ2n) is 4.78. The molecule has 0 saturated heterocycles. The third-order valence-electron chi connectivity index (χ3n) is 3.15. The van der Waals surface area contributed by atoms with E-state index in [-0.39, 0.29) is 37.8 Å². The summed E-state index contributed by atoms with van der Waals surface area (Å²) in [6.45, 7) is 0. The van der Waals surface area contributed by atoms with Crippen molar-refractivity contribution in [2.24, 2.45) is 0 Å². The van der Waals surface area contributed by atoms with E-state index in [1.165, 1.54) is 25.3 Å². The highest BCUT2D eigenvalue weighted by atomic mass is 35.5. The van der Waals surface area contributed by atoms with Gasteiger partial charge in [0.2, 0.25) is 0 Å². The summed E-state index contributed by atoms with van der Waals surface area (Å²) >= 11 is 17.8. The molecular formula is C17H11Cl3N2O3. The number of nitriles is 1. The normalized spacial score (nSPS) is 10.9. The standard InChI is InChI=1S/C17H11Cl3N2O3/c1-25-14-7-9(6-12(19)16(14)23)5-10(8-21)17(24)22-13-4-2-3-11(18)15(13)20/h2-7,23H,1H3,(H,22,24)/b10-5-. The van der Waals surface area contributed by atoms with Crippen LogP contribution in [-0.4, -0.2) is 18.1 Å². The van der Waals surface area contributed by atoms with Gasteiger partial charge in [0.15, 0.2) is 11.5 Å². The zero-order valence-electron chi connectivity index (χ0n) is 12.8. The number of hydrogen-bond acceptors (Lipinski definition) is 4. The van der Waals surface area contributed by atoms with Crippen molar-refractivity contribution in [2.75, 3.05) is 12.4 Å². The Bertz CT molecular complexity index is 905. The number of phenols is 1. The Labute approximate surface area is 159 Å². The number of rotatable bonds is 4. The largest absolute Gasteiger partial charge is 0.503 e. The van der Waals surface area contributed by atoms with Crippen LogP contribution in [-0.2, 0) is 4.79 Å². The lowest BCUT2D eigenvalue weighted by atomic mass is 10.1. The van der Waals surface area contributed by atoms with Gasteiger partial charge in [0.25, 0.3) is 5.91 Å². The highest BCUT2D eigenvalue weighted by Crippen LogP contribution is 2.35. The van der Waals surface area contributed by atoms with E-state index in [2.05, 4.69) is 5.32 Å². The summed E-state index contributed by atoms with van der Waals surface area (Å²) in [7, 11) is 1.36. The van der Waals surface area contributed by atoms with E-state index in [9.17, 15) is 15.2 Å². The minimum absolute atomic E-state index is 0.0289. The van der Waals surface area contributed by atoms with Gasteiger partial charge in [0.05, 0.1) is 27.9 Å². The number of aromatic hydroxyl groups is 1. The average Bonchev–Trinajstić information content (AvgIpc) is 2.59. The summed E-state index contributed by atoms with van der Waals surface area (Å²) in [6, 6.07) is 9.39. The van der Waals surface area contributed by atoms with Gasteiger partial charge < -0.3 is 15.2 Å². The highest BCUT2D eigenvalue weighted by molar-refractivity contribution is 6.44. The first-order valence-corrected chi connectivity index (χ1v) is 7.94. The quantitative estimate of drug-likeness (QED) is 0.567. The molecule has 0 atom stereocenters. The van der Waals surface area contributed by atoms with Crippen LogP contribution in [0.25, 0.3) is 6.08 Å². The predicted molar refractivity (Wildman–Crippen MR) is 98.4 cm³/mol. The third kappa shape index (κ3) is 4.37. The van der Waals surface area contributed by atoms with Crippen molar-refractivity contribution in [1.82, 2.24) is 0 Å². The lowest BCUT2D eigenvalue weighted by molar-refractivity contribution is -0.112. The number of carbonyl (C=O) groups excluding carboxylic acids is 1. The maximum absolute atomic E-state index is 12.3. The van der Waals surface area contributed by atoms with E-state index in [1.54, 1.807) is 24.3 Å². The monoisotopic (exact) mass is 396 g/mol. The molecule has 25 heavy (non-hydrogen) atoms. The van der Waals surface area contributed by atoms with Crippen LogP contribution >= 0.6 is 34.8 Å².